The quantitative estimate of drug-likeness (QED) is 0.834. The molecule has 0 aromatic heterocycles. The number of benzene rings is 1. The van der Waals surface area contributed by atoms with E-state index in [4.69, 9.17) is 11.6 Å². The monoisotopic (exact) mass is 251 g/mol. The highest BCUT2D eigenvalue weighted by Gasteiger charge is 2.39. The predicted molar refractivity (Wildman–Crippen MR) is 74.7 cm³/mol. The van der Waals surface area contributed by atoms with Crippen LogP contribution in [0.5, 0.6) is 0 Å². The first-order chi connectivity index (χ1) is 8.20. The summed E-state index contributed by atoms with van der Waals surface area (Å²) in [6.45, 7) is 6.84. The summed E-state index contributed by atoms with van der Waals surface area (Å²) in [7, 11) is 0. The third-order valence-electron chi connectivity index (χ3n) is 4.22. The van der Waals surface area contributed by atoms with Crippen LogP contribution < -0.4 is 5.32 Å². The van der Waals surface area contributed by atoms with Crippen LogP contribution in [0.25, 0.3) is 0 Å². The molecule has 1 saturated heterocycles. The summed E-state index contributed by atoms with van der Waals surface area (Å²) in [6.07, 6.45) is 3.87. The minimum atomic E-state index is 0.362. The number of rotatable bonds is 5. The molecule has 1 fully saturated rings. The molecular weight excluding hydrogens is 230 g/mol. The number of hydrogen-bond donors (Lipinski definition) is 1. The molecule has 1 nitrogen and oxygen atoms in total. The van der Waals surface area contributed by atoms with Crippen LogP contribution in [0, 0.1) is 5.92 Å². The second-order valence-corrected chi connectivity index (χ2v) is 5.71. The van der Waals surface area contributed by atoms with E-state index in [1.54, 1.807) is 0 Å². The van der Waals surface area contributed by atoms with Gasteiger partial charge in [-0.05, 0) is 30.0 Å². The molecule has 0 aliphatic carbocycles. The lowest BCUT2D eigenvalue weighted by molar-refractivity contribution is 0.211. The van der Waals surface area contributed by atoms with Gasteiger partial charge in [-0.25, -0.2) is 0 Å². The van der Waals surface area contributed by atoms with E-state index in [2.05, 4.69) is 31.3 Å². The van der Waals surface area contributed by atoms with Gasteiger partial charge in [0.15, 0.2) is 0 Å². The van der Waals surface area contributed by atoms with E-state index in [9.17, 15) is 0 Å². The Hall–Kier alpha value is -0.530. The molecular formula is C15H22ClN. The molecule has 1 N–H and O–H groups in total. The van der Waals surface area contributed by atoms with Crippen molar-refractivity contribution in [3.8, 4) is 0 Å². The van der Waals surface area contributed by atoms with Crippen molar-refractivity contribution in [2.75, 3.05) is 13.1 Å². The summed E-state index contributed by atoms with van der Waals surface area (Å²) < 4.78 is 0. The van der Waals surface area contributed by atoms with Gasteiger partial charge in [-0.2, -0.15) is 0 Å². The summed E-state index contributed by atoms with van der Waals surface area (Å²) >= 11 is 5.97. The van der Waals surface area contributed by atoms with Gasteiger partial charge in [0.1, 0.15) is 0 Å². The molecule has 0 unspecified atom stereocenters. The minimum absolute atomic E-state index is 0.362. The van der Waals surface area contributed by atoms with Crippen LogP contribution in [-0.2, 0) is 5.41 Å². The van der Waals surface area contributed by atoms with Crippen molar-refractivity contribution in [3.05, 3.63) is 34.9 Å². The molecule has 1 aliphatic heterocycles. The van der Waals surface area contributed by atoms with Crippen LogP contribution in [0.2, 0.25) is 5.02 Å². The Kier molecular flexibility index (Phi) is 4.11. The maximum atomic E-state index is 5.97. The Morgan fingerprint density at radius 3 is 2.18 bits per heavy atom. The molecule has 1 heterocycles. The number of hydrogen-bond acceptors (Lipinski definition) is 1. The number of nitrogens with one attached hydrogen (secondary N) is 1. The average molecular weight is 252 g/mol. The lowest BCUT2D eigenvalue weighted by Gasteiger charge is -2.45. The van der Waals surface area contributed by atoms with Gasteiger partial charge in [0.25, 0.3) is 0 Å². The molecule has 1 aromatic rings. The summed E-state index contributed by atoms with van der Waals surface area (Å²) in [4.78, 5) is 0. The van der Waals surface area contributed by atoms with Gasteiger partial charge >= 0.3 is 0 Å². The Morgan fingerprint density at radius 2 is 1.76 bits per heavy atom. The van der Waals surface area contributed by atoms with Crippen LogP contribution in [0.4, 0.5) is 0 Å². The van der Waals surface area contributed by atoms with Gasteiger partial charge in [0.05, 0.1) is 0 Å². The molecule has 0 amide bonds. The zero-order valence-electron chi connectivity index (χ0n) is 10.8. The van der Waals surface area contributed by atoms with Crippen molar-refractivity contribution in [1.29, 1.82) is 0 Å². The Morgan fingerprint density at radius 1 is 1.18 bits per heavy atom. The van der Waals surface area contributed by atoms with Crippen molar-refractivity contribution in [2.24, 2.45) is 5.92 Å². The number of halogens is 1. The standard InChI is InChI=1S/C15H22ClN/c1-3-12(4-2)9-15(10-17-11-15)13-5-7-14(16)8-6-13/h5-8,12,17H,3-4,9-11H2,1-2H3. The van der Waals surface area contributed by atoms with Gasteiger partial charge in [-0.1, -0.05) is 50.4 Å². The second-order valence-electron chi connectivity index (χ2n) is 5.28. The molecule has 2 heteroatoms. The molecule has 0 atom stereocenters. The third-order valence-corrected chi connectivity index (χ3v) is 4.47. The van der Waals surface area contributed by atoms with Crippen LogP contribution in [0.15, 0.2) is 24.3 Å². The molecule has 1 aliphatic rings. The lowest BCUT2D eigenvalue weighted by atomic mass is 9.68. The SMILES string of the molecule is CCC(CC)CC1(c2ccc(Cl)cc2)CNC1. The van der Waals surface area contributed by atoms with E-state index in [0.717, 1.165) is 24.0 Å². The van der Waals surface area contributed by atoms with Crippen LogP contribution in [0.1, 0.15) is 38.7 Å². The van der Waals surface area contributed by atoms with E-state index >= 15 is 0 Å². The zero-order valence-corrected chi connectivity index (χ0v) is 11.6. The van der Waals surface area contributed by atoms with Crippen molar-refractivity contribution in [1.82, 2.24) is 5.32 Å². The Labute approximate surface area is 110 Å². The fraction of sp³-hybridized carbons (Fsp3) is 0.600. The highest BCUT2D eigenvalue weighted by atomic mass is 35.5. The Balaban J connectivity index is 2.16. The predicted octanol–water partition coefficient (Wildman–Crippen LogP) is 4.01. The van der Waals surface area contributed by atoms with Crippen LogP contribution in [0.3, 0.4) is 0 Å². The first-order valence-corrected chi connectivity index (χ1v) is 7.05. The van der Waals surface area contributed by atoms with Crippen molar-refractivity contribution in [3.63, 3.8) is 0 Å². The molecule has 0 saturated carbocycles. The summed E-state index contributed by atoms with van der Waals surface area (Å²) in [5.74, 6) is 0.841. The van der Waals surface area contributed by atoms with E-state index in [-0.39, 0.29) is 0 Å². The van der Waals surface area contributed by atoms with Crippen molar-refractivity contribution in [2.45, 2.75) is 38.5 Å². The molecule has 0 spiro atoms. The average Bonchev–Trinajstić information content (AvgIpc) is 2.30. The second kappa shape index (κ2) is 5.41. The molecule has 17 heavy (non-hydrogen) atoms. The van der Waals surface area contributed by atoms with E-state index in [0.29, 0.717) is 5.41 Å². The van der Waals surface area contributed by atoms with Gasteiger partial charge in [-0.3, -0.25) is 0 Å². The smallest absolute Gasteiger partial charge is 0.0406 e. The maximum Gasteiger partial charge on any atom is 0.0406 e. The molecule has 94 valence electrons. The first-order valence-electron chi connectivity index (χ1n) is 6.67. The Bertz CT molecular complexity index is 350. The molecule has 1 aromatic carbocycles. The van der Waals surface area contributed by atoms with Gasteiger partial charge in [0, 0.05) is 23.5 Å². The first kappa shape index (κ1) is 12.9. The van der Waals surface area contributed by atoms with Crippen LogP contribution in [-0.4, -0.2) is 13.1 Å². The minimum Gasteiger partial charge on any atom is -0.315 e. The van der Waals surface area contributed by atoms with Crippen LogP contribution >= 0.6 is 11.6 Å². The van der Waals surface area contributed by atoms with Crippen molar-refractivity contribution < 1.29 is 0 Å². The van der Waals surface area contributed by atoms with Crippen molar-refractivity contribution >= 4 is 11.6 Å². The van der Waals surface area contributed by atoms with Gasteiger partial charge in [0.2, 0.25) is 0 Å². The molecule has 0 bridgehead atoms. The zero-order chi connectivity index (χ0) is 12.3. The van der Waals surface area contributed by atoms with Gasteiger partial charge in [-0.15, -0.1) is 0 Å². The highest BCUT2D eigenvalue weighted by Crippen LogP contribution is 2.37. The van der Waals surface area contributed by atoms with E-state index in [1.807, 2.05) is 12.1 Å². The normalized spacial score (nSPS) is 18.1. The third kappa shape index (κ3) is 2.66. The van der Waals surface area contributed by atoms with Gasteiger partial charge < -0.3 is 5.32 Å². The highest BCUT2D eigenvalue weighted by molar-refractivity contribution is 6.30. The topological polar surface area (TPSA) is 12.0 Å². The molecule has 2 rings (SSSR count). The summed E-state index contributed by atoms with van der Waals surface area (Å²) in [5.41, 5.74) is 1.81. The van der Waals surface area contributed by atoms with E-state index < -0.39 is 0 Å². The largest absolute Gasteiger partial charge is 0.315 e. The fourth-order valence-electron chi connectivity index (χ4n) is 2.83. The maximum absolute atomic E-state index is 5.97. The lowest BCUT2D eigenvalue weighted by Crippen LogP contribution is -2.57. The van der Waals surface area contributed by atoms with E-state index in [1.165, 1.54) is 24.8 Å². The molecule has 0 radical (unpaired) electrons. The summed E-state index contributed by atoms with van der Waals surface area (Å²) in [6, 6.07) is 8.44. The summed E-state index contributed by atoms with van der Waals surface area (Å²) in [5, 5.41) is 4.27. The fourth-order valence-corrected chi connectivity index (χ4v) is 2.95.